The molecule has 1 rings (SSSR count). The van der Waals surface area contributed by atoms with Gasteiger partial charge in [-0.1, -0.05) is 204 Å². The number of hydrogen-bond acceptors (Lipinski definition) is 8. The summed E-state index contributed by atoms with van der Waals surface area (Å²) in [6, 6.07) is -0.825. The van der Waals surface area contributed by atoms with Crippen LogP contribution in [0.2, 0.25) is 0 Å². The maximum atomic E-state index is 13.0. The van der Waals surface area contributed by atoms with Crippen molar-refractivity contribution in [3.63, 3.8) is 0 Å². The van der Waals surface area contributed by atoms with Gasteiger partial charge in [-0.25, -0.2) is 0 Å². The van der Waals surface area contributed by atoms with Crippen LogP contribution in [0, 0.1) is 0 Å². The Morgan fingerprint density at radius 1 is 0.541 bits per heavy atom. The summed E-state index contributed by atoms with van der Waals surface area (Å²) in [5.74, 6) is -0.194. The van der Waals surface area contributed by atoms with Crippen molar-refractivity contribution >= 4 is 5.91 Å². The molecule has 1 fully saturated rings. The average molecular weight is 864 g/mol. The smallest absolute Gasteiger partial charge is 0.220 e. The molecule has 0 aromatic carbocycles. The minimum atomic E-state index is -1.57. The van der Waals surface area contributed by atoms with Gasteiger partial charge >= 0.3 is 0 Å². The van der Waals surface area contributed by atoms with Crippen molar-refractivity contribution in [2.75, 3.05) is 13.2 Å². The van der Waals surface area contributed by atoms with Crippen LogP contribution in [0.5, 0.6) is 0 Å². The molecule has 1 saturated heterocycles. The van der Waals surface area contributed by atoms with Crippen molar-refractivity contribution in [3.05, 3.63) is 36.5 Å². The summed E-state index contributed by atoms with van der Waals surface area (Å²) in [7, 11) is 0. The SMILES string of the molecule is CCCCCCCCCCC/C=C\CCCCCCCC(=O)NC(COC1OC(CO)C(O)C(O)C1O)C(O)/C=C/CC/C=C/CCCCCCCCCCCCCCCC. The van der Waals surface area contributed by atoms with E-state index in [2.05, 4.69) is 43.5 Å². The lowest BCUT2D eigenvalue weighted by atomic mass is 9.99. The first-order valence-corrected chi connectivity index (χ1v) is 25.7. The van der Waals surface area contributed by atoms with Crippen LogP contribution in [0.25, 0.3) is 0 Å². The Hall–Kier alpha value is -1.59. The highest BCUT2D eigenvalue weighted by atomic mass is 16.7. The van der Waals surface area contributed by atoms with E-state index in [1.807, 2.05) is 6.08 Å². The highest BCUT2D eigenvalue weighted by Gasteiger charge is 2.44. The molecule has 6 N–H and O–H groups in total. The normalized spacial score (nSPS) is 20.7. The first-order valence-electron chi connectivity index (χ1n) is 25.7. The zero-order valence-corrected chi connectivity index (χ0v) is 39.4. The summed E-state index contributed by atoms with van der Waals surface area (Å²) in [6.45, 7) is 3.77. The van der Waals surface area contributed by atoms with Gasteiger partial charge in [0.05, 0.1) is 25.4 Å². The molecule has 1 heterocycles. The van der Waals surface area contributed by atoms with E-state index in [4.69, 9.17) is 9.47 Å². The van der Waals surface area contributed by atoms with E-state index >= 15 is 0 Å². The maximum absolute atomic E-state index is 13.0. The molecule has 1 amide bonds. The molecule has 358 valence electrons. The highest BCUT2D eigenvalue weighted by Crippen LogP contribution is 2.23. The number of aliphatic hydroxyl groups is 5. The molecule has 1 aliphatic heterocycles. The van der Waals surface area contributed by atoms with Gasteiger partial charge in [-0.3, -0.25) is 4.79 Å². The number of allylic oxidation sites excluding steroid dienone is 5. The molecule has 0 aromatic rings. The molecule has 0 saturated carbocycles. The Morgan fingerprint density at radius 2 is 0.934 bits per heavy atom. The number of hydrogen-bond donors (Lipinski definition) is 6. The zero-order valence-electron chi connectivity index (χ0n) is 39.4. The molecular formula is C52H97NO8. The van der Waals surface area contributed by atoms with Crippen LogP contribution in [0.1, 0.15) is 232 Å². The van der Waals surface area contributed by atoms with Gasteiger partial charge in [-0.15, -0.1) is 0 Å². The molecule has 0 aliphatic carbocycles. The van der Waals surface area contributed by atoms with Crippen molar-refractivity contribution in [1.29, 1.82) is 0 Å². The van der Waals surface area contributed by atoms with Gasteiger partial charge in [0.15, 0.2) is 6.29 Å². The fraction of sp³-hybridized carbons (Fsp3) is 0.865. The highest BCUT2D eigenvalue weighted by molar-refractivity contribution is 5.76. The number of aliphatic hydroxyl groups excluding tert-OH is 5. The Kier molecular flexibility index (Phi) is 39.9. The van der Waals surface area contributed by atoms with E-state index in [-0.39, 0.29) is 12.5 Å². The topological polar surface area (TPSA) is 149 Å². The summed E-state index contributed by atoms with van der Waals surface area (Å²) < 4.78 is 11.2. The number of carbonyl (C=O) groups excluding carboxylic acids is 1. The second-order valence-corrected chi connectivity index (χ2v) is 18.0. The number of carbonyl (C=O) groups is 1. The quantitative estimate of drug-likeness (QED) is 0.0262. The largest absolute Gasteiger partial charge is 0.394 e. The molecular weight excluding hydrogens is 767 g/mol. The monoisotopic (exact) mass is 864 g/mol. The third-order valence-corrected chi connectivity index (χ3v) is 12.2. The van der Waals surface area contributed by atoms with Gasteiger partial charge in [0, 0.05) is 6.42 Å². The third-order valence-electron chi connectivity index (χ3n) is 12.2. The van der Waals surface area contributed by atoms with E-state index < -0.39 is 49.5 Å². The summed E-state index contributed by atoms with van der Waals surface area (Å²) in [6.07, 6.45) is 46.2. The van der Waals surface area contributed by atoms with Gasteiger partial charge in [0.25, 0.3) is 0 Å². The number of unbranched alkanes of at least 4 members (excludes halogenated alkanes) is 29. The molecule has 0 radical (unpaired) electrons. The molecule has 1 aliphatic rings. The number of ether oxygens (including phenoxy) is 2. The molecule has 7 unspecified atom stereocenters. The average Bonchev–Trinajstić information content (AvgIpc) is 3.26. The van der Waals surface area contributed by atoms with E-state index in [9.17, 15) is 30.3 Å². The number of nitrogens with one attached hydrogen (secondary N) is 1. The summed E-state index contributed by atoms with van der Waals surface area (Å²) in [5, 5.41) is 54.3. The van der Waals surface area contributed by atoms with Gasteiger partial charge in [0.1, 0.15) is 24.4 Å². The second kappa shape index (κ2) is 42.4. The molecule has 7 atom stereocenters. The van der Waals surface area contributed by atoms with Crippen LogP contribution in [0.15, 0.2) is 36.5 Å². The lowest BCUT2D eigenvalue weighted by molar-refractivity contribution is -0.302. The van der Waals surface area contributed by atoms with Gasteiger partial charge < -0.3 is 40.3 Å². The van der Waals surface area contributed by atoms with E-state index in [0.29, 0.717) is 6.42 Å². The first-order chi connectivity index (χ1) is 29.8. The lowest BCUT2D eigenvalue weighted by Crippen LogP contribution is -2.60. The van der Waals surface area contributed by atoms with E-state index in [1.165, 1.54) is 154 Å². The molecule has 0 spiro atoms. The van der Waals surface area contributed by atoms with Crippen LogP contribution in [-0.4, -0.2) is 87.5 Å². The van der Waals surface area contributed by atoms with E-state index in [0.717, 1.165) is 57.8 Å². The molecule has 0 bridgehead atoms. The summed E-state index contributed by atoms with van der Waals surface area (Å²) in [5.41, 5.74) is 0. The van der Waals surface area contributed by atoms with Crippen molar-refractivity contribution in [2.24, 2.45) is 0 Å². The van der Waals surface area contributed by atoms with Gasteiger partial charge in [-0.05, 0) is 57.8 Å². The predicted octanol–water partition coefficient (Wildman–Crippen LogP) is 11.6. The standard InChI is InChI=1S/C52H97NO8/c1-3-5-7-9-11-13-15-17-19-21-23-24-25-27-29-31-33-35-37-39-41-46(55)45(44-60-52-51(59)50(58)49(57)47(43-54)61-52)53-48(56)42-40-38-36-34-32-30-28-26-22-20-18-16-14-12-10-8-6-4-2/h26,28,31,33,39,41,45-47,49-52,54-55,57-59H,3-25,27,29-30,32,34-38,40,42-44H2,1-2H3,(H,53,56)/b28-26-,33-31+,41-39+. The fourth-order valence-electron chi connectivity index (χ4n) is 8.05. The lowest BCUT2D eigenvalue weighted by Gasteiger charge is -2.40. The van der Waals surface area contributed by atoms with Crippen molar-refractivity contribution < 1.29 is 39.8 Å². The number of amides is 1. The Balaban J connectivity index is 2.33. The van der Waals surface area contributed by atoms with Crippen molar-refractivity contribution in [2.45, 2.75) is 275 Å². The minimum Gasteiger partial charge on any atom is -0.394 e. The third kappa shape index (κ3) is 32.7. The fourth-order valence-corrected chi connectivity index (χ4v) is 8.05. The van der Waals surface area contributed by atoms with Crippen LogP contribution in [0.4, 0.5) is 0 Å². The Labute approximate surface area is 374 Å². The summed E-state index contributed by atoms with van der Waals surface area (Å²) >= 11 is 0. The predicted molar refractivity (Wildman–Crippen MR) is 253 cm³/mol. The zero-order chi connectivity index (χ0) is 44.4. The first kappa shape index (κ1) is 57.4. The summed E-state index contributed by atoms with van der Waals surface area (Å²) in [4.78, 5) is 13.0. The van der Waals surface area contributed by atoms with Crippen molar-refractivity contribution in [1.82, 2.24) is 5.32 Å². The van der Waals surface area contributed by atoms with Crippen molar-refractivity contribution in [3.8, 4) is 0 Å². The molecule has 9 nitrogen and oxygen atoms in total. The Morgan fingerprint density at radius 3 is 1.38 bits per heavy atom. The Bertz CT molecular complexity index is 1050. The van der Waals surface area contributed by atoms with Crippen LogP contribution in [0.3, 0.4) is 0 Å². The van der Waals surface area contributed by atoms with Gasteiger partial charge in [0.2, 0.25) is 5.91 Å². The van der Waals surface area contributed by atoms with Gasteiger partial charge in [-0.2, -0.15) is 0 Å². The molecule has 0 aromatic heterocycles. The molecule has 61 heavy (non-hydrogen) atoms. The van der Waals surface area contributed by atoms with Crippen LogP contribution < -0.4 is 5.32 Å². The number of rotatable bonds is 43. The van der Waals surface area contributed by atoms with Crippen LogP contribution >= 0.6 is 0 Å². The van der Waals surface area contributed by atoms with E-state index in [1.54, 1.807) is 6.08 Å². The van der Waals surface area contributed by atoms with Crippen LogP contribution in [-0.2, 0) is 14.3 Å². The second-order valence-electron chi connectivity index (χ2n) is 18.0. The molecule has 9 heteroatoms. The minimum absolute atomic E-state index is 0.194. The maximum Gasteiger partial charge on any atom is 0.220 e.